The Morgan fingerprint density at radius 1 is 0.311 bits per heavy atom. The molecule has 0 aromatic carbocycles. The van der Waals surface area contributed by atoms with E-state index in [0.717, 1.165) is 21.3 Å². The van der Waals surface area contributed by atoms with Crippen molar-refractivity contribution in [2.75, 3.05) is 0 Å². The Balaban J connectivity index is 0.00000144. The molecule has 2 rings (SSSR count). The largest absolute Gasteiger partial charge is 0.480 e. The highest BCUT2D eigenvalue weighted by Gasteiger charge is 2.48. The quantitative estimate of drug-likeness (QED) is 0.0373. The van der Waals surface area contributed by atoms with E-state index in [2.05, 4.69) is 72.0 Å². The van der Waals surface area contributed by atoms with E-state index in [0.29, 0.717) is 0 Å². The molecule has 0 amide bonds. The summed E-state index contributed by atoms with van der Waals surface area (Å²) >= 11 is 0. The number of unbranched alkanes of at least 4 members (excludes halogenated alkanes) is 26. The minimum absolute atomic E-state index is 0.778. The molecule has 0 fully saturated rings. The molecule has 0 aliphatic carbocycles. The molecule has 12 nitrogen and oxygen atoms in total. The molecule has 0 bridgehead atoms. The number of hydrogen-bond acceptors (Lipinski definition) is 8. The summed E-state index contributed by atoms with van der Waals surface area (Å²) in [5.74, 6) is 0. The van der Waals surface area contributed by atoms with Gasteiger partial charge in [-0.2, -0.15) is 52.7 Å². The SMILES string of the molecule is CCCCCCCCCCCCCCCC[n+]1ccc(-c2cc[n+](CCCCCCCCCCCCCCCC)cc2)cc1.O=S(=O)([N-]S(=O)(=O)C(F)(F)F)C(F)(F)F.O=S(=O)([N-]S(=O)(=O)C(F)(F)F)C(F)(F)F. The van der Waals surface area contributed by atoms with Crippen molar-refractivity contribution in [1.29, 1.82) is 0 Å². The molecule has 28 heteroatoms. The minimum atomic E-state index is -6.72. The van der Waals surface area contributed by atoms with Crippen LogP contribution in [0.3, 0.4) is 0 Å². The number of aromatic nitrogens is 2. The molecule has 0 aliphatic heterocycles. The second-order valence-corrected chi connectivity index (χ2v) is 24.5. The second kappa shape index (κ2) is 35.6. The van der Waals surface area contributed by atoms with Crippen LogP contribution in [-0.2, 0) is 53.2 Å². The third-order valence-corrected chi connectivity index (χ3v) is 16.7. The van der Waals surface area contributed by atoms with Gasteiger partial charge in [0.25, 0.3) is 0 Å². The molecule has 0 spiro atoms. The van der Waals surface area contributed by atoms with E-state index in [-0.39, 0.29) is 0 Å². The van der Waals surface area contributed by atoms with Gasteiger partial charge in [-0.05, 0) is 24.0 Å². The Morgan fingerprint density at radius 3 is 0.635 bits per heavy atom. The van der Waals surface area contributed by atoms with Crippen LogP contribution in [0, 0.1) is 0 Å². The minimum Gasteiger partial charge on any atom is -0.421 e. The number of pyridine rings is 2. The summed E-state index contributed by atoms with van der Waals surface area (Å²) in [7, 11) is -26.9. The molecule has 0 aliphatic rings. The molecule has 0 atom stereocenters. The molecule has 0 saturated carbocycles. The standard InChI is InChI=1S/C42H74N2.2C2F6NO4S2/c1-3-5-7-9-11-13-15-17-19-21-23-25-27-29-35-43-37-31-41(32-38-43)42-33-39-44(40-34-42)36-30-28-26-24-22-20-18-16-14-12-10-8-6-4-2;2*3-1(4,5)14(10,11)9-15(12,13)2(6,7)8/h31-34,37-40H,3-30,35-36H2,1-2H3;;/q+2;2*-1. The first-order valence-corrected chi connectivity index (χ1v) is 30.7. The van der Waals surface area contributed by atoms with E-state index < -0.39 is 62.1 Å². The average Bonchev–Trinajstić information content (AvgIpc) is 3.28. The zero-order valence-corrected chi connectivity index (χ0v) is 45.3. The number of alkyl halides is 12. The molecule has 2 aromatic heterocycles. The highest BCUT2D eigenvalue weighted by atomic mass is 32.3. The number of halogens is 12. The molecular formula is C46H74F12N4O8S4. The number of sulfonamides is 4. The van der Waals surface area contributed by atoms with Crippen LogP contribution in [-0.4, -0.2) is 55.7 Å². The van der Waals surface area contributed by atoms with Crippen LogP contribution in [0.2, 0.25) is 0 Å². The fourth-order valence-corrected chi connectivity index (χ4v) is 10.4. The van der Waals surface area contributed by atoms with Gasteiger partial charge in [0.05, 0.1) is 0 Å². The molecule has 74 heavy (non-hydrogen) atoms. The molecular weight excluding hydrogens is 1090 g/mol. The van der Waals surface area contributed by atoms with Gasteiger partial charge in [0.2, 0.25) is 0 Å². The summed E-state index contributed by atoms with van der Waals surface area (Å²) in [6, 6.07) is 9.16. The second-order valence-electron chi connectivity index (χ2n) is 17.7. The van der Waals surface area contributed by atoms with Gasteiger partial charge >= 0.3 is 22.0 Å². The van der Waals surface area contributed by atoms with E-state index in [1.165, 1.54) is 191 Å². The molecule has 0 unspecified atom stereocenters. The number of rotatable bonds is 35. The van der Waals surface area contributed by atoms with Crippen molar-refractivity contribution in [2.24, 2.45) is 0 Å². The van der Waals surface area contributed by atoms with Gasteiger partial charge in [0.15, 0.2) is 64.9 Å². The van der Waals surface area contributed by atoms with Crippen LogP contribution in [0.25, 0.3) is 19.4 Å². The molecule has 434 valence electrons. The third-order valence-electron chi connectivity index (χ3n) is 11.2. The highest BCUT2D eigenvalue weighted by molar-refractivity contribution is 8.13. The lowest BCUT2D eigenvalue weighted by atomic mass is 10.0. The van der Waals surface area contributed by atoms with Gasteiger partial charge in [-0.15, -0.1) is 0 Å². The van der Waals surface area contributed by atoms with Gasteiger partial charge in [0.1, 0.15) is 13.1 Å². The van der Waals surface area contributed by atoms with Crippen molar-refractivity contribution in [3.63, 3.8) is 0 Å². The van der Waals surface area contributed by atoms with E-state index in [4.69, 9.17) is 0 Å². The summed E-state index contributed by atoms with van der Waals surface area (Å²) in [6.45, 7) is 6.89. The summed E-state index contributed by atoms with van der Waals surface area (Å²) in [5.41, 5.74) is -22.2. The Hall–Kier alpha value is -2.82. The van der Waals surface area contributed by atoms with Crippen LogP contribution in [0.15, 0.2) is 49.1 Å². The first-order valence-electron chi connectivity index (χ1n) is 25.0. The van der Waals surface area contributed by atoms with Crippen LogP contribution in [0.1, 0.15) is 194 Å². The van der Waals surface area contributed by atoms with Gasteiger partial charge in [-0.3, -0.25) is 0 Å². The fraction of sp³-hybridized carbons (Fsp3) is 0.783. The third kappa shape index (κ3) is 31.4. The van der Waals surface area contributed by atoms with Crippen molar-refractivity contribution >= 4 is 40.1 Å². The van der Waals surface area contributed by atoms with Crippen molar-refractivity contribution < 1.29 is 95.5 Å². The molecule has 2 aromatic rings. The number of aryl methyl sites for hydroxylation is 2. The van der Waals surface area contributed by atoms with Crippen LogP contribution >= 0.6 is 0 Å². The van der Waals surface area contributed by atoms with Gasteiger partial charge in [-0.25, -0.2) is 42.8 Å². The predicted octanol–water partition coefficient (Wildman–Crippen LogP) is 15.0. The van der Waals surface area contributed by atoms with Crippen molar-refractivity contribution in [3.05, 3.63) is 57.3 Å². The van der Waals surface area contributed by atoms with Gasteiger partial charge < -0.3 is 8.25 Å². The van der Waals surface area contributed by atoms with Crippen molar-refractivity contribution in [2.45, 2.75) is 229 Å². The lowest BCUT2D eigenvalue weighted by Crippen LogP contribution is -2.33. The molecule has 0 N–H and O–H groups in total. The van der Waals surface area contributed by atoms with Gasteiger partial charge in [-0.1, -0.05) is 168 Å². The monoisotopic (exact) mass is 1170 g/mol. The van der Waals surface area contributed by atoms with Crippen LogP contribution < -0.4 is 9.13 Å². The van der Waals surface area contributed by atoms with Crippen LogP contribution in [0.5, 0.6) is 0 Å². The maximum atomic E-state index is 11.4. The zero-order valence-electron chi connectivity index (χ0n) is 42.1. The first kappa shape index (κ1) is 71.2. The molecule has 2 heterocycles. The van der Waals surface area contributed by atoms with E-state index in [1.807, 2.05) is 0 Å². The Bertz CT molecular complexity index is 2000. The maximum Gasteiger partial charge on any atom is 0.480 e. The number of nitrogens with zero attached hydrogens (tertiary/aromatic N) is 4. The zero-order chi connectivity index (χ0) is 56.6. The summed E-state index contributed by atoms with van der Waals surface area (Å²) in [5, 5.41) is 0. The topological polar surface area (TPSA) is 173 Å². The first-order chi connectivity index (χ1) is 34.2. The fourth-order valence-electron chi connectivity index (χ4n) is 7.00. The lowest BCUT2D eigenvalue weighted by Gasteiger charge is -2.22. The normalized spacial score (nSPS) is 13.0. The van der Waals surface area contributed by atoms with Crippen molar-refractivity contribution in [3.8, 4) is 11.1 Å². The van der Waals surface area contributed by atoms with E-state index in [9.17, 15) is 86.4 Å². The lowest BCUT2D eigenvalue weighted by molar-refractivity contribution is -0.697. The van der Waals surface area contributed by atoms with Crippen LogP contribution in [0.4, 0.5) is 52.7 Å². The number of hydrogen-bond donors (Lipinski definition) is 0. The maximum absolute atomic E-state index is 11.4. The summed E-state index contributed by atoms with van der Waals surface area (Å²) in [6.07, 6.45) is 48.9. The van der Waals surface area contributed by atoms with E-state index in [1.54, 1.807) is 0 Å². The van der Waals surface area contributed by atoms with Crippen molar-refractivity contribution in [1.82, 2.24) is 0 Å². The average molecular weight is 1170 g/mol. The summed E-state index contributed by atoms with van der Waals surface area (Å²) < 4.78 is 223. The van der Waals surface area contributed by atoms with E-state index >= 15 is 0 Å². The Labute approximate surface area is 431 Å². The highest BCUT2D eigenvalue weighted by Crippen LogP contribution is 2.37. The Morgan fingerprint density at radius 2 is 0.473 bits per heavy atom. The smallest absolute Gasteiger partial charge is 0.421 e. The predicted molar refractivity (Wildman–Crippen MR) is 260 cm³/mol. The Kier molecular flexibility index (Phi) is 34.2. The molecule has 0 saturated heterocycles. The van der Waals surface area contributed by atoms with Gasteiger partial charge in [0, 0.05) is 37.1 Å². The summed E-state index contributed by atoms with van der Waals surface area (Å²) in [4.78, 5) is 0. The molecule has 0 radical (unpaired) electrons.